The summed E-state index contributed by atoms with van der Waals surface area (Å²) >= 11 is 3.52. The SMILES string of the molecule is O=C(Cc1ccccc1Br)CN1CCN(Cc2ccccc2)CC1. The standard InChI is InChI=1S/C20H23BrN2O/c21-20-9-5-4-8-18(20)14-19(24)16-23-12-10-22(11-13-23)15-17-6-2-1-3-7-17/h1-9H,10-16H2. The average Bonchev–Trinajstić information content (AvgIpc) is 2.60. The highest BCUT2D eigenvalue weighted by molar-refractivity contribution is 9.10. The molecule has 0 aliphatic carbocycles. The van der Waals surface area contributed by atoms with Gasteiger partial charge in [-0.15, -0.1) is 0 Å². The first-order chi connectivity index (χ1) is 11.7. The average molecular weight is 387 g/mol. The van der Waals surface area contributed by atoms with E-state index in [9.17, 15) is 4.79 Å². The summed E-state index contributed by atoms with van der Waals surface area (Å²) in [6.45, 7) is 5.54. The molecule has 0 spiro atoms. The van der Waals surface area contributed by atoms with Crippen LogP contribution >= 0.6 is 15.9 Å². The Morgan fingerprint density at radius 3 is 2.21 bits per heavy atom. The molecule has 0 atom stereocenters. The largest absolute Gasteiger partial charge is 0.298 e. The number of hydrogen-bond donors (Lipinski definition) is 0. The van der Waals surface area contributed by atoms with Crippen LogP contribution in [0.4, 0.5) is 0 Å². The second-order valence-corrected chi connectivity index (χ2v) is 7.20. The van der Waals surface area contributed by atoms with Crippen LogP contribution in [0, 0.1) is 0 Å². The van der Waals surface area contributed by atoms with Crippen LogP contribution in [-0.4, -0.2) is 48.3 Å². The molecule has 3 nitrogen and oxygen atoms in total. The van der Waals surface area contributed by atoms with Gasteiger partial charge < -0.3 is 0 Å². The number of Topliss-reactive ketones (excluding diaryl/α,β-unsaturated/α-hetero) is 1. The molecule has 0 radical (unpaired) electrons. The smallest absolute Gasteiger partial charge is 0.151 e. The van der Waals surface area contributed by atoms with Gasteiger partial charge in [0.15, 0.2) is 5.78 Å². The van der Waals surface area contributed by atoms with Crippen molar-refractivity contribution >= 4 is 21.7 Å². The summed E-state index contributed by atoms with van der Waals surface area (Å²) < 4.78 is 1.02. The second kappa shape index (κ2) is 8.56. The lowest BCUT2D eigenvalue weighted by molar-refractivity contribution is -0.120. The highest BCUT2D eigenvalue weighted by Gasteiger charge is 2.19. The molecule has 2 aromatic carbocycles. The number of benzene rings is 2. The lowest BCUT2D eigenvalue weighted by Crippen LogP contribution is -2.47. The molecule has 1 fully saturated rings. The van der Waals surface area contributed by atoms with Crippen LogP contribution in [0.25, 0.3) is 0 Å². The zero-order chi connectivity index (χ0) is 16.8. The highest BCUT2D eigenvalue weighted by atomic mass is 79.9. The summed E-state index contributed by atoms with van der Waals surface area (Å²) in [5.74, 6) is 0.290. The maximum Gasteiger partial charge on any atom is 0.151 e. The van der Waals surface area contributed by atoms with E-state index < -0.39 is 0 Å². The predicted molar refractivity (Wildman–Crippen MR) is 101 cm³/mol. The van der Waals surface area contributed by atoms with E-state index in [1.165, 1.54) is 5.56 Å². The van der Waals surface area contributed by atoms with Gasteiger partial charge in [0.25, 0.3) is 0 Å². The number of rotatable bonds is 6. The zero-order valence-electron chi connectivity index (χ0n) is 13.8. The predicted octanol–water partition coefficient (Wildman–Crippen LogP) is 3.38. The zero-order valence-corrected chi connectivity index (χ0v) is 15.4. The Morgan fingerprint density at radius 1 is 0.875 bits per heavy atom. The van der Waals surface area contributed by atoms with E-state index in [0.717, 1.165) is 42.8 Å². The number of ketones is 1. The van der Waals surface area contributed by atoms with E-state index in [1.807, 2.05) is 24.3 Å². The van der Waals surface area contributed by atoms with Crippen LogP contribution in [0.3, 0.4) is 0 Å². The Bertz CT molecular complexity index is 666. The minimum atomic E-state index is 0.290. The summed E-state index contributed by atoms with van der Waals surface area (Å²) in [4.78, 5) is 17.1. The van der Waals surface area contributed by atoms with Gasteiger partial charge in [0.05, 0.1) is 6.54 Å². The molecule has 126 valence electrons. The number of hydrogen-bond acceptors (Lipinski definition) is 3. The molecule has 0 saturated carbocycles. The normalized spacial score (nSPS) is 16.2. The molecular weight excluding hydrogens is 364 g/mol. The third kappa shape index (κ3) is 5.00. The fourth-order valence-electron chi connectivity index (χ4n) is 3.11. The molecule has 0 amide bonds. The topological polar surface area (TPSA) is 23.6 Å². The van der Waals surface area contributed by atoms with Crippen molar-refractivity contribution in [2.75, 3.05) is 32.7 Å². The fourth-order valence-corrected chi connectivity index (χ4v) is 3.53. The summed E-state index contributed by atoms with van der Waals surface area (Å²) in [6.07, 6.45) is 0.506. The summed E-state index contributed by atoms with van der Waals surface area (Å²) in [6, 6.07) is 18.5. The maximum atomic E-state index is 12.3. The third-order valence-corrected chi connectivity index (χ3v) is 5.23. The molecule has 1 aliphatic heterocycles. The van der Waals surface area contributed by atoms with Gasteiger partial charge in [0, 0.05) is 43.6 Å². The van der Waals surface area contributed by atoms with E-state index in [1.54, 1.807) is 0 Å². The lowest BCUT2D eigenvalue weighted by Gasteiger charge is -2.34. The first-order valence-electron chi connectivity index (χ1n) is 8.44. The molecule has 24 heavy (non-hydrogen) atoms. The van der Waals surface area contributed by atoms with Crippen LogP contribution in [-0.2, 0) is 17.8 Å². The summed E-state index contributed by atoms with van der Waals surface area (Å²) in [5.41, 5.74) is 2.43. The molecule has 0 aromatic heterocycles. The number of carbonyl (C=O) groups excluding carboxylic acids is 1. The quantitative estimate of drug-likeness (QED) is 0.760. The maximum absolute atomic E-state index is 12.3. The van der Waals surface area contributed by atoms with Crippen LogP contribution in [0.2, 0.25) is 0 Å². The van der Waals surface area contributed by atoms with Gasteiger partial charge in [-0.3, -0.25) is 14.6 Å². The monoisotopic (exact) mass is 386 g/mol. The Morgan fingerprint density at radius 2 is 1.50 bits per heavy atom. The molecule has 3 rings (SSSR count). The van der Waals surface area contributed by atoms with E-state index in [0.29, 0.717) is 18.7 Å². The fraction of sp³-hybridized carbons (Fsp3) is 0.350. The molecule has 0 bridgehead atoms. The molecular formula is C20H23BrN2O. The Labute approximate surface area is 152 Å². The van der Waals surface area contributed by atoms with Crippen molar-refractivity contribution in [2.45, 2.75) is 13.0 Å². The van der Waals surface area contributed by atoms with Crippen LogP contribution in [0.5, 0.6) is 0 Å². The highest BCUT2D eigenvalue weighted by Crippen LogP contribution is 2.17. The molecule has 4 heteroatoms. The van der Waals surface area contributed by atoms with Crippen molar-refractivity contribution < 1.29 is 4.79 Å². The minimum Gasteiger partial charge on any atom is -0.298 e. The summed E-state index contributed by atoms with van der Waals surface area (Å²) in [5, 5.41) is 0. The van der Waals surface area contributed by atoms with E-state index in [4.69, 9.17) is 0 Å². The van der Waals surface area contributed by atoms with Gasteiger partial charge in [-0.1, -0.05) is 64.5 Å². The van der Waals surface area contributed by atoms with Crippen LogP contribution in [0.1, 0.15) is 11.1 Å². The van der Waals surface area contributed by atoms with Crippen molar-refractivity contribution in [1.82, 2.24) is 9.80 Å². The van der Waals surface area contributed by atoms with Crippen molar-refractivity contribution in [3.8, 4) is 0 Å². The van der Waals surface area contributed by atoms with E-state index in [2.05, 4.69) is 56.1 Å². The summed E-state index contributed by atoms with van der Waals surface area (Å²) in [7, 11) is 0. The molecule has 1 aliphatic rings. The number of piperazine rings is 1. The van der Waals surface area contributed by atoms with Gasteiger partial charge in [-0.2, -0.15) is 0 Å². The first kappa shape index (κ1) is 17.3. The molecule has 1 saturated heterocycles. The van der Waals surface area contributed by atoms with Gasteiger partial charge in [0.1, 0.15) is 0 Å². The second-order valence-electron chi connectivity index (χ2n) is 6.34. The Kier molecular flexibility index (Phi) is 6.18. The number of carbonyl (C=O) groups is 1. The molecule has 0 N–H and O–H groups in total. The van der Waals surface area contributed by atoms with E-state index in [-0.39, 0.29) is 0 Å². The first-order valence-corrected chi connectivity index (χ1v) is 9.24. The van der Waals surface area contributed by atoms with Crippen LogP contribution in [0.15, 0.2) is 59.1 Å². The van der Waals surface area contributed by atoms with E-state index >= 15 is 0 Å². The third-order valence-electron chi connectivity index (χ3n) is 4.46. The van der Waals surface area contributed by atoms with Crippen molar-refractivity contribution in [3.63, 3.8) is 0 Å². The number of halogens is 1. The van der Waals surface area contributed by atoms with Gasteiger partial charge >= 0.3 is 0 Å². The van der Waals surface area contributed by atoms with Gasteiger partial charge in [-0.05, 0) is 17.2 Å². The van der Waals surface area contributed by atoms with Gasteiger partial charge in [-0.25, -0.2) is 0 Å². The number of nitrogens with zero attached hydrogens (tertiary/aromatic N) is 2. The van der Waals surface area contributed by atoms with Gasteiger partial charge in [0.2, 0.25) is 0 Å². The Hall–Kier alpha value is -1.49. The lowest BCUT2D eigenvalue weighted by atomic mass is 10.1. The molecule has 2 aromatic rings. The molecule has 1 heterocycles. The Balaban J connectivity index is 1.43. The molecule has 0 unspecified atom stereocenters. The van der Waals surface area contributed by atoms with Crippen LogP contribution < -0.4 is 0 Å². The van der Waals surface area contributed by atoms with Crippen molar-refractivity contribution in [2.24, 2.45) is 0 Å². The van der Waals surface area contributed by atoms with Crippen molar-refractivity contribution in [3.05, 3.63) is 70.2 Å². The minimum absolute atomic E-state index is 0.290. The van der Waals surface area contributed by atoms with Crippen molar-refractivity contribution in [1.29, 1.82) is 0 Å².